The molecule has 3 aromatic rings. The standard InChI is InChI=1S/C18H15F2N3O4/c19-12-3-5-15(13(20)10-12)27-11-17(24)21-7-9-26-18-6-4-14(22-23-18)16-2-1-8-25-16/h1-6,8,10H,7,9,11H2,(H,21,24). The summed E-state index contributed by atoms with van der Waals surface area (Å²) in [6.45, 7) is -0.0542. The lowest BCUT2D eigenvalue weighted by atomic mass is 10.3. The lowest BCUT2D eigenvalue weighted by Gasteiger charge is -2.09. The fourth-order valence-corrected chi connectivity index (χ4v) is 2.09. The molecule has 0 saturated carbocycles. The van der Waals surface area contributed by atoms with Crippen molar-refractivity contribution in [2.75, 3.05) is 19.8 Å². The number of aromatic nitrogens is 2. The van der Waals surface area contributed by atoms with Gasteiger partial charge in [-0.15, -0.1) is 10.2 Å². The number of rotatable bonds is 8. The molecule has 0 radical (unpaired) electrons. The van der Waals surface area contributed by atoms with Crippen LogP contribution < -0.4 is 14.8 Å². The average Bonchev–Trinajstić information content (AvgIpc) is 3.20. The van der Waals surface area contributed by atoms with Gasteiger partial charge in [0.1, 0.15) is 18.1 Å². The second kappa shape index (κ2) is 8.75. The molecular weight excluding hydrogens is 360 g/mol. The molecule has 0 aliphatic rings. The fourth-order valence-electron chi connectivity index (χ4n) is 2.09. The first-order chi connectivity index (χ1) is 13.1. The van der Waals surface area contributed by atoms with Gasteiger partial charge in [0, 0.05) is 12.1 Å². The van der Waals surface area contributed by atoms with Gasteiger partial charge in [-0.25, -0.2) is 8.78 Å². The Kier molecular flexibility index (Phi) is 5.93. The number of hydrogen-bond acceptors (Lipinski definition) is 6. The molecule has 27 heavy (non-hydrogen) atoms. The van der Waals surface area contributed by atoms with E-state index in [2.05, 4.69) is 15.5 Å². The monoisotopic (exact) mass is 375 g/mol. The van der Waals surface area contributed by atoms with Gasteiger partial charge in [0.05, 0.1) is 12.8 Å². The molecule has 0 spiro atoms. The average molecular weight is 375 g/mol. The third kappa shape index (κ3) is 5.24. The number of ether oxygens (including phenoxy) is 2. The van der Waals surface area contributed by atoms with Gasteiger partial charge >= 0.3 is 0 Å². The molecule has 0 saturated heterocycles. The molecule has 0 aliphatic carbocycles. The van der Waals surface area contributed by atoms with Gasteiger partial charge < -0.3 is 19.2 Å². The maximum absolute atomic E-state index is 13.4. The summed E-state index contributed by atoms with van der Waals surface area (Å²) in [4.78, 5) is 11.7. The lowest BCUT2D eigenvalue weighted by molar-refractivity contribution is -0.123. The Labute approximate surface area is 152 Å². The van der Waals surface area contributed by atoms with Gasteiger partial charge in [-0.1, -0.05) is 0 Å². The van der Waals surface area contributed by atoms with Crippen molar-refractivity contribution in [2.24, 2.45) is 0 Å². The number of carbonyl (C=O) groups is 1. The molecule has 2 heterocycles. The van der Waals surface area contributed by atoms with Crippen LogP contribution in [0.5, 0.6) is 11.6 Å². The minimum absolute atomic E-state index is 0.158. The van der Waals surface area contributed by atoms with Crippen LogP contribution >= 0.6 is 0 Å². The van der Waals surface area contributed by atoms with Crippen LogP contribution in [0, 0.1) is 11.6 Å². The summed E-state index contributed by atoms with van der Waals surface area (Å²) in [6.07, 6.45) is 1.54. The fraction of sp³-hybridized carbons (Fsp3) is 0.167. The van der Waals surface area contributed by atoms with E-state index >= 15 is 0 Å². The van der Waals surface area contributed by atoms with Gasteiger partial charge in [0.2, 0.25) is 5.88 Å². The zero-order valence-corrected chi connectivity index (χ0v) is 14.0. The summed E-state index contributed by atoms with van der Waals surface area (Å²) in [6, 6.07) is 9.68. The minimum Gasteiger partial charge on any atom is -0.481 e. The van der Waals surface area contributed by atoms with Crippen molar-refractivity contribution in [3.63, 3.8) is 0 Å². The van der Waals surface area contributed by atoms with E-state index in [1.54, 1.807) is 24.3 Å². The van der Waals surface area contributed by atoms with E-state index in [-0.39, 0.29) is 18.9 Å². The summed E-state index contributed by atoms with van der Waals surface area (Å²) < 4.78 is 41.7. The highest BCUT2D eigenvalue weighted by molar-refractivity contribution is 5.77. The van der Waals surface area contributed by atoms with Crippen LogP contribution in [-0.2, 0) is 4.79 Å². The number of hydrogen-bond donors (Lipinski definition) is 1. The van der Waals surface area contributed by atoms with Crippen molar-refractivity contribution in [2.45, 2.75) is 0 Å². The number of carbonyl (C=O) groups excluding carboxylic acids is 1. The number of amides is 1. The third-order valence-corrected chi connectivity index (χ3v) is 3.34. The van der Waals surface area contributed by atoms with Gasteiger partial charge in [0.25, 0.3) is 5.91 Å². The molecule has 0 unspecified atom stereocenters. The number of furan rings is 1. The Bertz CT molecular complexity index is 886. The topological polar surface area (TPSA) is 86.5 Å². The molecule has 1 aromatic carbocycles. The van der Waals surface area contributed by atoms with Crippen LogP contribution in [0.4, 0.5) is 8.78 Å². The van der Waals surface area contributed by atoms with Crippen molar-refractivity contribution in [1.82, 2.24) is 15.5 Å². The maximum atomic E-state index is 13.4. The van der Waals surface area contributed by atoms with E-state index in [1.807, 2.05) is 0 Å². The predicted molar refractivity (Wildman–Crippen MR) is 90.1 cm³/mol. The first-order valence-electron chi connectivity index (χ1n) is 7.97. The van der Waals surface area contributed by atoms with Gasteiger partial charge in [-0.2, -0.15) is 0 Å². The van der Waals surface area contributed by atoms with Crippen molar-refractivity contribution in [1.29, 1.82) is 0 Å². The van der Waals surface area contributed by atoms with E-state index in [9.17, 15) is 13.6 Å². The molecule has 140 valence electrons. The highest BCUT2D eigenvalue weighted by Gasteiger charge is 2.08. The molecule has 1 amide bonds. The van der Waals surface area contributed by atoms with E-state index in [4.69, 9.17) is 13.9 Å². The smallest absolute Gasteiger partial charge is 0.258 e. The SMILES string of the molecule is O=C(COc1ccc(F)cc1F)NCCOc1ccc(-c2ccco2)nn1. The Morgan fingerprint density at radius 1 is 1.11 bits per heavy atom. The Morgan fingerprint density at radius 3 is 2.70 bits per heavy atom. The highest BCUT2D eigenvalue weighted by Crippen LogP contribution is 2.18. The summed E-state index contributed by atoms with van der Waals surface area (Å²) >= 11 is 0. The summed E-state index contributed by atoms with van der Waals surface area (Å²) in [5, 5.41) is 10.4. The molecule has 0 fully saturated rings. The zero-order valence-electron chi connectivity index (χ0n) is 14.0. The zero-order chi connectivity index (χ0) is 19.1. The van der Waals surface area contributed by atoms with Gasteiger partial charge in [0.15, 0.2) is 23.9 Å². The van der Waals surface area contributed by atoms with Gasteiger partial charge in [-0.05, 0) is 30.3 Å². The lowest BCUT2D eigenvalue weighted by Crippen LogP contribution is -2.32. The molecule has 0 atom stereocenters. The second-order valence-electron chi connectivity index (χ2n) is 5.30. The number of benzene rings is 1. The number of halogens is 2. The largest absolute Gasteiger partial charge is 0.481 e. The van der Waals surface area contributed by atoms with E-state index in [0.717, 1.165) is 12.1 Å². The molecule has 9 heteroatoms. The van der Waals surface area contributed by atoms with Crippen LogP contribution in [0.3, 0.4) is 0 Å². The van der Waals surface area contributed by atoms with Crippen molar-refractivity contribution in [3.8, 4) is 23.1 Å². The number of nitrogens with zero attached hydrogens (tertiary/aromatic N) is 2. The summed E-state index contributed by atoms with van der Waals surface area (Å²) in [5.74, 6) is -1.37. The summed E-state index contributed by atoms with van der Waals surface area (Å²) in [5.41, 5.74) is 0.575. The van der Waals surface area contributed by atoms with Crippen LogP contribution in [0.1, 0.15) is 0 Å². The van der Waals surface area contributed by atoms with E-state index in [1.165, 1.54) is 6.26 Å². The molecular formula is C18H15F2N3O4. The Balaban J connectivity index is 1.36. The second-order valence-corrected chi connectivity index (χ2v) is 5.30. The normalized spacial score (nSPS) is 10.4. The number of nitrogens with one attached hydrogen (secondary N) is 1. The quantitative estimate of drug-likeness (QED) is 0.609. The van der Waals surface area contributed by atoms with E-state index in [0.29, 0.717) is 23.4 Å². The minimum atomic E-state index is -0.872. The van der Waals surface area contributed by atoms with Crippen LogP contribution in [-0.4, -0.2) is 35.9 Å². The maximum Gasteiger partial charge on any atom is 0.258 e. The van der Waals surface area contributed by atoms with Crippen molar-refractivity contribution in [3.05, 3.63) is 60.4 Å². The molecule has 0 aliphatic heterocycles. The summed E-state index contributed by atoms with van der Waals surface area (Å²) in [7, 11) is 0. The third-order valence-electron chi connectivity index (χ3n) is 3.34. The molecule has 0 bridgehead atoms. The Morgan fingerprint density at radius 2 is 2.00 bits per heavy atom. The van der Waals surface area contributed by atoms with Crippen LogP contribution in [0.2, 0.25) is 0 Å². The van der Waals surface area contributed by atoms with E-state index < -0.39 is 24.1 Å². The molecule has 3 rings (SSSR count). The van der Waals surface area contributed by atoms with Crippen molar-refractivity contribution < 1.29 is 27.5 Å². The van der Waals surface area contributed by atoms with Crippen LogP contribution in [0.15, 0.2) is 53.1 Å². The first kappa shape index (κ1) is 18.3. The first-order valence-corrected chi connectivity index (χ1v) is 7.97. The molecule has 1 N–H and O–H groups in total. The van der Waals surface area contributed by atoms with Crippen LogP contribution in [0.25, 0.3) is 11.5 Å². The van der Waals surface area contributed by atoms with Crippen molar-refractivity contribution >= 4 is 5.91 Å². The predicted octanol–water partition coefficient (Wildman–Crippen LogP) is 2.59. The molecule has 2 aromatic heterocycles. The highest BCUT2D eigenvalue weighted by atomic mass is 19.1. The van der Waals surface area contributed by atoms with Gasteiger partial charge in [-0.3, -0.25) is 4.79 Å². The molecule has 7 nitrogen and oxygen atoms in total. The Hall–Kier alpha value is -3.49.